The van der Waals surface area contributed by atoms with Gasteiger partial charge in [-0.2, -0.15) is 0 Å². The van der Waals surface area contributed by atoms with E-state index in [0.29, 0.717) is 22.2 Å². The van der Waals surface area contributed by atoms with Crippen LogP contribution in [0.4, 0.5) is 14.6 Å². The topological polar surface area (TPSA) is 70.7 Å². The van der Waals surface area contributed by atoms with Crippen LogP contribution in [0, 0.1) is 18.6 Å². The molecule has 0 aliphatic rings. The van der Waals surface area contributed by atoms with Crippen molar-refractivity contribution in [3.05, 3.63) is 70.3 Å². The lowest BCUT2D eigenvalue weighted by Crippen LogP contribution is -2.15. The summed E-state index contributed by atoms with van der Waals surface area (Å²) in [6, 6.07) is 6.48. The van der Waals surface area contributed by atoms with E-state index in [1.165, 1.54) is 36.7 Å². The van der Waals surface area contributed by atoms with Gasteiger partial charge in [0.25, 0.3) is 0 Å². The average Bonchev–Trinajstić information content (AvgIpc) is 3.08. The maximum absolute atomic E-state index is 13.5. The highest BCUT2D eigenvalue weighted by Gasteiger charge is 2.20. The largest absolute Gasteiger partial charge is 0.356 e. The van der Waals surface area contributed by atoms with Crippen LogP contribution in [0.15, 0.2) is 41.6 Å². The van der Waals surface area contributed by atoms with Crippen LogP contribution in [0.3, 0.4) is 0 Å². The number of benzene rings is 1. The van der Waals surface area contributed by atoms with Crippen molar-refractivity contribution < 1.29 is 13.0 Å². The molecule has 0 bridgehead atoms. The number of anilines is 1. The zero-order valence-corrected chi connectivity index (χ0v) is 15.5. The molecule has 1 aromatic carbocycles. The lowest BCUT2D eigenvalue weighted by atomic mass is 10.1. The number of hydrogen-bond donors (Lipinski definition) is 2. The molecule has 0 saturated heterocycles. The average molecular weight is 397 g/mol. The summed E-state index contributed by atoms with van der Waals surface area (Å²) in [5.74, 6) is -0.107. The molecule has 2 atom stereocenters. The number of halogens is 3. The van der Waals surface area contributed by atoms with E-state index >= 15 is 0 Å². The lowest BCUT2D eigenvalue weighted by molar-refractivity contribution is 0.609. The Labute approximate surface area is 156 Å². The van der Waals surface area contributed by atoms with E-state index in [0.717, 1.165) is 0 Å². The van der Waals surface area contributed by atoms with E-state index in [-0.39, 0.29) is 10.7 Å². The summed E-state index contributed by atoms with van der Waals surface area (Å²) in [5.41, 5.74) is 0.851. The van der Waals surface area contributed by atoms with Crippen LogP contribution in [-0.4, -0.2) is 25.4 Å². The number of aromatic nitrogens is 3. The summed E-state index contributed by atoms with van der Waals surface area (Å²) in [6.45, 7) is 1.55. The van der Waals surface area contributed by atoms with Gasteiger partial charge in [-0.1, -0.05) is 17.7 Å². The zero-order chi connectivity index (χ0) is 18.8. The summed E-state index contributed by atoms with van der Waals surface area (Å²) in [7, 11) is -1.24. The Balaban J connectivity index is 2.03. The Hall–Kier alpha value is -2.32. The molecule has 3 rings (SSSR count). The SMILES string of the molecule is Cc1nc(NC(c2ccc(F)c(Cl)c2)c2ncc([S@@](C)=O)[nH]2)ccc1F. The van der Waals surface area contributed by atoms with E-state index in [4.69, 9.17) is 11.6 Å². The molecule has 2 heterocycles. The number of H-pyrrole nitrogens is 1. The highest BCUT2D eigenvalue weighted by atomic mass is 35.5. The third-order valence-electron chi connectivity index (χ3n) is 3.75. The van der Waals surface area contributed by atoms with Crippen LogP contribution in [0.1, 0.15) is 23.1 Å². The van der Waals surface area contributed by atoms with Gasteiger partial charge in [-0.15, -0.1) is 0 Å². The number of nitrogens with zero attached hydrogens (tertiary/aromatic N) is 2. The first-order chi connectivity index (χ1) is 12.3. The zero-order valence-electron chi connectivity index (χ0n) is 13.9. The number of aryl methyl sites for hydroxylation is 1. The van der Waals surface area contributed by atoms with E-state index < -0.39 is 28.5 Å². The Morgan fingerprint density at radius 3 is 2.58 bits per heavy atom. The minimum atomic E-state index is -1.24. The second-order valence-corrected chi connectivity index (χ2v) is 7.36. The molecule has 0 aliphatic heterocycles. The fourth-order valence-corrected chi connectivity index (χ4v) is 3.02. The van der Waals surface area contributed by atoms with Crippen LogP contribution in [0.25, 0.3) is 0 Å². The molecule has 136 valence electrons. The summed E-state index contributed by atoms with van der Waals surface area (Å²) in [6.07, 6.45) is 2.99. The summed E-state index contributed by atoms with van der Waals surface area (Å²) < 4.78 is 38.7. The molecule has 2 aromatic heterocycles. The minimum absolute atomic E-state index is 0.0385. The van der Waals surface area contributed by atoms with E-state index in [9.17, 15) is 13.0 Å². The molecular weight excluding hydrogens is 382 g/mol. The number of nitrogens with one attached hydrogen (secondary N) is 2. The fourth-order valence-electron chi connectivity index (χ4n) is 2.39. The number of imidazole rings is 1. The van der Waals surface area contributed by atoms with Gasteiger partial charge >= 0.3 is 0 Å². The number of rotatable bonds is 5. The highest BCUT2D eigenvalue weighted by molar-refractivity contribution is 7.84. The van der Waals surface area contributed by atoms with Gasteiger partial charge in [-0.3, -0.25) is 4.21 Å². The minimum Gasteiger partial charge on any atom is -0.356 e. The lowest BCUT2D eigenvalue weighted by Gasteiger charge is -2.18. The molecule has 26 heavy (non-hydrogen) atoms. The predicted octanol–water partition coefficient (Wildman–Crippen LogP) is 3.98. The van der Waals surface area contributed by atoms with Crippen molar-refractivity contribution in [3.8, 4) is 0 Å². The third kappa shape index (κ3) is 3.91. The molecular formula is C17H15ClF2N4OS. The van der Waals surface area contributed by atoms with Crippen LogP contribution in [-0.2, 0) is 10.8 Å². The quantitative estimate of drug-likeness (QED) is 0.684. The van der Waals surface area contributed by atoms with Gasteiger partial charge in [-0.25, -0.2) is 18.7 Å². The number of aromatic amines is 1. The molecule has 2 N–H and O–H groups in total. The van der Waals surface area contributed by atoms with E-state index in [2.05, 4.69) is 20.3 Å². The van der Waals surface area contributed by atoms with Gasteiger partial charge < -0.3 is 10.3 Å². The van der Waals surface area contributed by atoms with Crippen LogP contribution < -0.4 is 5.32 Å². The van der Waals surface area contributed by atoms with Gasteiger partial charge in [0.1, 0.15) is 34.3 Å². The van der Waals surface area contributed by atoms with Crippen molar-refractivity contribution in [2.45, 2.75) is 18.0 Å². The first-order valence-corrected chi connectivity index (χ1v) is 9.51. The molecule has 1 unspecified atom stereocenters. The predicted molar refractivity (Wildman–Crippen MR) is 96.7 cm³/mol. The van der Waals surface area contributed by atoms with E-state index in [1.54, 1.807) is 13.0 Å². The van der Waals surface area contributed by atoms with Gasteiger partial charge in [-0.05, 0) is 36.8 Å². The van der Waals surface area contributed by atoms with Gasteiger partial charge in [0.2, 0.25) is 0 Å². The van der Waals surface area contributed by atoms with Crippen LogP contribution in [0.2, 0.25) is 5.02 Å². The number of pyridine rings is 1. The van der Waals surface area contributed by atoms with Crippen molar-refractivity contribution in [1.29, 1.82) is 0 Å². The normalized spacial score (nSPS) is 13.4. The molecule has 0 spiro atoms. The molecule has 3 aromatic rings. The third-order valence-corrected chi connectivity index (χ3v) is 4.86. The Morgan fingerprint density at radius 1 is 1.23 bits per heavy atom. The first-order valence-electron chi connectivity index (χ1n) is 7.58. The van der Waals surface area contributed by atoms with Gasteiger partial charge in [0, 0.05) is 6.26 Å². The van der Waals surface area contributed by atoms with Crippen molar-refractivity contribution >= 4 is 28.2 Å². The molecule has 0 radical (unpaired) electrons. The molecule has 9 heteroatoms. The molecule has 0 saturated carbocycles. The molecule has 0 amide bonds. The highest BCUT2D eigenvalue weighted by Crippen LogP contribution is 2.28. The van der Waals surface area contributed by atoms with Crippen molar-refractivity contribution in [2.24, 2.45) is 0 Å². The van der Waals surface area contributed by atoms with Crippen molar-refractivity contribution in [2.75, 3.05) is 11.6 Å². The Morgan fingerprint density at radius 2 is 1.96 bits per heavy atom. The Kier molecular flexibility index (Phi) is 5.33. The van der Waals surface area contributed by atoms with Gasteiger partial charge in [0.05, 0.1) is 27.7 Å². The monoisotopic (exact) mass is 396 g/mol. The maximum Gasteiger partial charge on any atom is 0.144 e. The van der Waals surface area contributed by atoms with Crippen LogP contribution in [0.5, 0.6) is 0 Å². The first kappa shape index (κ1) is 18.5. The second kappa shape index (κ2) is 7.51. The molecule has 0 fully saturated rings. The van der Waals surface area contributed by atoms with Crippen molar-refractivity contribution in [1.82, 2.24) is 15.0 Å². The standard InChI is InChI=1S/C17H15ClF2N4OS/c1-9-12(19)5-6-14(22-9)23-16(10-3-4-13(20)11(18)7-10)17-21-8-15(24-17)26(2)25/h3-8,16H,1-2H3,(H,21,24)(H,22,23)/t16?,26-/m1/s1. The summed E-state index contributed by atoms with van der Waals surface area (Å²) in [4.78, 5) is 11.4. The molecule has 5 nitrogen and oxygen atoms in total. The van der Waals surface area contributed by atoms with E-state index in [1.807, 2.05) is 0 Å². The number of hydrogen-bond acceptors (Lipinski definition) is 4. The maximum atomic E-state index is 13.5. The smallest absolute Gasteiger partial charge is 0.144 e. The van der Waals surface area contributed by atoms with Crippen molar-refractivity contribution in [3.63, 3.8) is 0 Å². The second-order valence-electron chi connectivity index (χ2n) is 5.60. The Bertz CT molecular complexity index is 979. The van der Waals surface area contributed by atoms with Crippen LogP contribution >= 0.6 is 11.6 Å². The molecule has 0 aliphatic carbocycles. The summed E-state index contributed by atoms with van der Waals surface area (Å²) in [5, 5.41) is 3.54. The fraction of sp³-hybridized carbons (Fsp3) is 0.176. The summed E-state index contributed by atoms with van der Waals surface area (Å²) >= 11 is 5.90. The van der Waals surface area contributed by atoms with Gasteiger partial charge in [0.15, 0.2) is 0 Å².